The van der Waals surface area contributed by atoms with Crippen molar-refractivity contribution in [2.75, 3.05) is 18.2 Å². The number of sulfone groups is 1. The number of rotatable bonds is 3. The number of amidine groups is 1. The van der Waals surface area contributed by atoms with Gasteiger partial charge in [-0.3, -0.25) is 0 Å². The summed E-state index contributed by atoms with van der Waals surface area (Å²) in [6, 6.07) is 3.69. The van der Waals surface area contributed by atoms with Crippen molar-refractivity contribution in [3.05, 3.63) is 29.6 Å². The molecular weight excluding hydrogens is 368 g/mol. The molecule has 0 bridgehead atoms. The molecule has 3 rings (SSSR count). The van der Waals surface area contributed by atoms with Crippen LogP contribution in [0.4, 0.5) is 19.3 Å². The van der Waals surface area contributed by atoms with Crippen LogP contribution in [0, 0.1) is 11.7 Å². The summed E-state index contributed by atoms with van der Waals surface area (Å²) in [6.07, 6.45) is -0.752. The van der Waals surface area contributed by atoms with E-state index in [2.05, 4.69) is 10.3 Å². The third kappa shape index (κ3) is 2.72. The summed E-state index contributed by atoms with van der Waals surface area (Å²) < 4.78 is 52.5. The van der Waals surface area contributed by atoms with Gasteiger partial charge in [0.05, 0.1) is 11.3 Å². The maximum Gasteiger partial charge on any atom is 0.432 e. The minimum Gasteiger partial charge on any atom is -0.463 e. The molecule has 2 fully saturated rings. The van der Waals surface area contributed by atoms with Crippen molar-refractivity contribution in [3.8, 4) is 0 Å². The van der Waals surface area contributed by atoms with Crippen molar-refractivity contribution >= 4 is 27.5 Å². The Morgan fingerprint density at radius 2 is 2.12 bits per heavy atom. The topological polar surface area (TPSA) is 122 Å². The highest BCUT2D eigenvalue weighted by molar-refractivity contribution is 7.93. The average molecular weight is 387 g/mol. The molecule has 2 aliphatic rings. The van der Waals surface area contributed by atoms with Gasteiger partial charge in [0, 0.05) is 11.3 Å². The summed E-state index contributed by atoms with van der Waals surface area (Å²) in [6.45, 7) is 0.101. The minimum absolute atomic E-state index is 0.0533. The van der Waals surface area contributed by atoms with Crippen LogP contribution in [-0.4, -0.2) is 42.6 Å². The fourth-order valence-electron chi connectivity index (χ4n) is 3.64. The number of anilines is 1. The minimum atomic E-state index is -4.19. The normalized spacial score (nSPS) is 32.2. The number of amides is 1. The van der Waals surface area contributed by atoms with E-state index in [4.69, 9.17) is 10.8 Å². The smallest absolute Gasteiger partial charge is 0.432 e. The van der Waals surface area contributed by atoms with Crippen LogP contribution in [0.3, 0.4) is 0 Å². The van der Waals surface area contributed by atoms with Crippen molar-refractivity contribution in [2.45, 2.75) is 30.1 Å². The first-order valence-electron chi connectivity index (χ1n) is 8.00. The van der Waals surface area contributed by atoms with Gasteiger partial charge >= 0.3 is 6.09 Å². The molecule has 10 heteroatoms. The van der Waals surface area contributed by atoms with Gasteiger partial charge in [-0.05, 0) is 43.9 Å². The maximum atomic E-state index is 14.4. The number of benzene rings is 1. The van der Waals surface area contributed by atoms with Crippen LogP contribution in [0.15, 0.2) is 23.2 Å². The Labute approximate surface area is 149 Å². The molecule has 1 heterocycles. The lowest BCUT2D eigenvalue weighted by molar-refractivity contribution is 0.205. The summed E-state index contributed by atoms with van der Waals surface area (Å²) in [7, 11) is -4.19. The molecule has 0 unspecified atom stereocenters. The molecule has 1 amide bonds. The second kappa shape index (κ2) is 5.90. The van der Waals surface area contributed by atoms with Crippen molar-refractivity contribution in [2.24, 2.45) is 10.9 Å². The molecule has 1 aliphatic carbocycles. The highest BCUT2D eigenvalue weighted by atomic mass is 32.2. The van der Waals surface area contributed by atoms with Crippen LogP contribution < -0.4 is 11.1 Å². The van der Waals surface area contributed by atoms with E-state index < -0.39 is 56.2 Å². The Bertz CT molecular complexity index is 901. The SMILES string of the molecule is C[C@@]1(c2cc(N)ccc2F)CS(=O)(=O)[C@@](CF)(C2CC2)/C(=N/C(=O)O)N1. The number of hydrogen-bond acceptors (Lipinski definition) is 4. The van der Waals surface area contributed by atoms with Gasteiger partial charge in [-0.15, -0.1) is 0 Å². The van der Waals surface area contributed by atoms with E-state index in [1.54, 1.807) is 0 Å². The number of hydrogen-bond donors (Lipinski definition) is 3. The van der Waals surface area contributed by atoms with Gasteiger partial charge in [0.25, 0.3) is 0 Å². The highest BCUT2D eigenvalue weighted by Gasteiger charge is 2.64. The van der Waals surface area contributed by atoms with Gasteiger partial charge in [0.1, 0.15) is 18.3 Å². The number of halogens is 2. The van der Waals surface area contributed by atoms with Crippen molar-refractivity contribution in [1.82, 2.24) is 5.32 Å². The molecule has 1 saturated heterocycles. The lowest BCUT2D eigenvalue weighted by Gasteiger charge is -2.45. The van der Waals surface area contributed by atoms with Crippen LogP contribution >= 0.6 is 0 Å². The van der Waals surface area contributed by atoms with Crippen LogP contribution in [0.5, 0.6) is 0 Å². The van der Waals surface area contributed by atoms with Crippen LogP contribution in [0.25, 0.3) is 0 Å². The predicted octanol–water partition coefficient (Wildman–Crippen LogP) is 1.84. The first kappa shape index (κ1) is 18.6. The molecule has 0 spiro atoms. The van der Waals surface area contributed by atoms with Gasteiger partial charge < -0.3 is 16.2 Å². The number of aliphatic imine (C=N–C) groups is 1. The van der Waals surface area contributed by atoms with Gasteiger partial charge in [-0.2, -0.15) is 4.99 Å². The molecule has 1 saturated carbocycles. The maximum absolute atomic E-state index is 14.4. The molecule has 2 atom stereocenters. The fraction of sp³-hybridized carbons (Fsp3) is 0.500. The molecule has 1 aromatic carbocycles. The van der Waals surface area contributed by atoms with Gasteiger partial charge in [-0.25, -0.2) is 22.0 Å². The largest absolute Gasteiger partial charge is 0.463 e. The van der Waals surface area contributed by atoms with Gasteiger partial charge in [-0.1, -0.05) is 0 Å². The summed E-state index contributed by atoms with van der Waals surface area (Å²) >= 11 is 0. The number of nitrogens with zero attached hydrogens (tertiary/aromatic N) is 1. The summed E-state index contributed by atoms with van der Waals surface area (Å²) in [5.41, 5.74) is 4.30. The van der Waals surface area contributed by atoms with E-state index in [-0.39, 0.29) is 11.3 Å². The number of nitrogens with one attached hydrogen (secondary N) is 1. The standard InChI is InChI=1S/C16H19F2N3O4S/c1-15(11-6-10(19)4-5-12(11)18)8-26(24,25)16(7-17,9-2-3-9)13(21-15)20-14(22)23/h4-6,9H,2-3,7-8,19H2,1H3,(H,20,21)(H,22,23)/t15-,16-/m0/s1. The monoisotopic (exact) mass is 387 g/mol. The Balaban J connectivity index is 2.20. The quantitative estimate of drug-likeness (QED) is 0.680. The summed E-state index contributed by atoms with van der Waals surface area (Å²) in [5.74, 6) is -2.37. The van der Waals surface area contributed by atoms with E-state index in [1.807, 2.05) is 0 Å². The molecule has 7 nitrogen and oxygen atoms in total. The molecule has 0 radical (unpaired) electrons. The van der Waals surface area contributed by atoms with E-state index in [1.165, 1.54) is 19.1 Å². The Morgan fingerprint density at radius 3 is 2.65 bits per heavy atom. The zero-order valence-electron chi connectivity index (χ0n) is 14.0. The van der Waals surface area contributed by atoms with Crippen molar-refractivity contribution in [1.29, 1.82) is 0 Å². The Kier molecular flexibility index (Phi) is 4.21. The fourth-order valence-corrected chi connectivity index (χ4v) is 6.19. The van der Waals surface area contributed by atoms with Gasteiger partial charge in [0.2, 0.25) is 0 Å². The average Bonchev–Trinajstić information content (AvgIpc) is 3.33. The van der Waals surface area contributed by atoms with E-state index in [9.17, 15) is 22.0 Å². The molecule has 4 N–H and O–H groups in total. The number of carbonyl (C=O) groups is 1. The first-order valence-corrected chi connectivity index (χ1v) is 9.65. The lowest BCUT2D eigenvalue weighted by atomic mass is 9.90. The zero-order chi connectivity index (χ0) is 19.3. The second-order valence-electron chi connectivity index (χ2n) is 7.00. The number of nitrogens with two attached hydrogens (primary N) is 1. The van der Waals surface area contributed by atoms with Crippen LogP contribution in [0.1, 0.15) is 25.3 Å². The van der Waals surface area contributed by atoms with Crippen molar-refractivity contribution in [3.63, 3.8) is 0 Å². The Morgan fingerprint density at radius 1 is 1.46 bits per heavy atom. The van der Waals surface area contributed by atoms with E-state index in [0.717, 1.165) is 6.07 Å². The van der Waals surface area contributed by atoms with Crippen LogP contribution in [0.2, 0.25) is 0 Å². The Hall–Kier alpha value is -2.23. The number of nitrogen functional groups attached to an aromatic ring is 1. The summed E-state index contributed by atoms with van der Waals surface area (Å²) in [4.78, 5) is 14.5. The van der Waals surface area contributed by atoms with Crippen LogP contribution in [-0.2, 0) is 15.4 Å². The predicted molar refractivity (Wildman–Crippen MR) is 92.0 cm³/mol. The van der Waals surface area contributed by atoms with Crippen molar-refractivity contribution < 1.29 is 27.1 Å². The second-order valence-corrected chi connectivity index (χ2v) is 9.24. The number of carboxylic acid groups (broad SMARTS) is 1. The molecule has 26 heavy (non-hydrogen) atoms. The molecule has 0 aromatic heterocycles. The number of alkyl halides is 1. The molecule has 1 aromatic rings. The summed E-state index contributed by atoms with van der Waals surface area (Å²) in [5, 5.41) is 11.8. The molecule has 1 aliphatic heterocycles. The lowest BCUT2D eigenvalue weighted by Crippen LogP contribution is -2.68. The van der Waals surface area contributed by atoms with E-state index >= 15 is 0 Å². The zero-order valence-corrected chi connectivity index (χ0v) is 14.8. The van der Waals surface area contributed by atoms with Gasteiger partial charge in [0.15, 0.2) is 14.6 Å². The first-order chi connectivity index (χ1) is 12.1. The third-order valence-corrected chi connectivity index (χ3v) is 7.76. The molecule has 142 valence electrons. The molecular formula is C16H19F2N3O4S. The van der Waals surface area contributed by atoms with E-state index in [0.29, 0.717) is 12.8 Å². The third-order valence-electron chi connectivity index (χ3n) is 5.06. The highest BCUT2D eigenvalue weighted by Crippen LogP contribution is 2.49.